The number of carbonyl (C=O) groups excluding carboxylic acids is 1. The van der Waals surface area contributed by atoms with Crippen molar-refractivity contribution < 1.29 is 13.2 Å². The van der Waals surface area contributed by atoms with Crippen LogP contribution in [-0.4, -0.2) is 42.3 Å². The van der Waals surface area contributed by atoms with Gasteiger partial charge in [-0.1, -0.05) is 31.1 Å². The van der Waals surface area contributed by atoms with E-state index in [0.29, 0.717) is 37.2 Å². The normalized spacial score (nSPS) is 19.5. The van der Waals surface area contributed by atoms with Crippen LogP contribution in [0, 0.1) is 5.92 Å². The molecule has 2 heterocycles. The highest BCUT2D eigenvalue weighted by Gasteiger charge is 2.33. The molecule has 1 N–H and O–H groups in total. The lowest BCUT2D eigenvalue weighted by Gasteiger charge is -2.31. The molecule has 30 heavy (non-hydrogen) atoms. The van der Waals surface area contributed by atoms with Gasteiger partial charge in [0.15, 0.2) is 0 Å². The van der Waals surface area contributed by atoms with Crippen molar-refractivity contribution in [1.29, 1.82) is 0 Å². The minimum Gasteiger partial charge on any atom is -0.353 e. The minimum absolute atomic E-state index is 0.0597. The maximum atomic E-state index is 13.1. The molecule has 1 aromatic heterocycles. The van der Waals surface area contributed by atoms with Gasteiger partial charge in [-0.05, 0) is 50.3 Å². The second-order valence-corrected chi connectivity index (χ2v) is 11.2. The Kier molecular flexibility index (Phi) is 6.31. The first kappa shape index (κ1) is 21.5. The van der Waals surface area contributed by atoms with Crippen LogP contribution in [0.15, 0.2) is 27.9 Å². The average Bonchev–Trinajstić information content (AvgIpc) is 3.35. The quantitative estimate of drug-likeness (QED) is 0.731. The van der Waals surface area contributed by atoms with Gasteiger partial charge in [-0.25, -0.2) is 8.42 Å². The smallest absolute Gasteiger partial charge is 0.308 e. The van der Waals surface area contributed by atoms with E-state index in [0.717, 1.165) is 36.1 Å². The third-order valence-corrected chi connectivity index (χ3v) is 9.09. The summed E-state index contributed by atoms with van der Waals surface area (Å²) in [6, 6.07) is 5.23. The van der Waals surface area contributed by atoms with Crippen LogP contribution >= 0.6 is 11.3 Å². The number of rotatable bonds is 6. The summed E-state index contributed by atoms with van der Waals surface area (Å²) in [5.41, 5.74) is 0.785. The molecule has 1 aliphatic carbocycles. The zero-order chi connectivity index (χ0) is 21.3. The number of nitrogens with zero attached hydrogens (tertiary/aromatic N) is 2. The van der Waals surface area contributed by atoms with Crippen LogP contribution < -0.4 is 10.2 Å². The van der Waals surface area contributed by atoms with Crippen molar-refractivity contribution in [3.8, 4) is 0 Å². The van der Waals surface area contributed by atoms with Gasteiger partial charge in [-0.3, -0.25) is 14.2 Å². The lowest BCUT2D eigenvalue weighted by Crippen LogP contribution is -2.44. The van der Waals surface area contributed by atoms with Gasteiger partial charge < -0.3 is 5.32 Å². The third kappa shape index (κ3) is 4.20. The van der Waals surface area contributed by atoms with Crippen LogP contribution in [0.2, 0.25) is 0 Å². The number of thiazole rings is 1. The van der Waals surface area contributed by atoms with Crippen molar-refractivity contribution in [2.45, 2.75) is 69.4 Å². The maximum Gasteiger partial charge on any atom is 0.308 e. The Balaban J connectivity index is 1.45. The Bertz CT molecular complexity index is 1080. The minimum atomic E-state index is -3.64. The molecule has 1 amide bonds. The predicted molar refractivity (Wildman–Crippen MR) is 118 cm³/mol. The number of aromatic nitrogens is 1. The molecule has 9 heteroatoms. The molecule has 1 aromatic carbocycles. The third-order valence-electron chi connectivity index (χ3n) is 6.25. The van der Waals surface area contributed by atoms with Crippen molar-refractivity contribution in [3.63, 3.8) is 0 Å². The fourth-order valence-electron chi connectivity index (χ4n) is 4.54. The van der Waals surface area contributed by atoms with Crippen molar-refractivity contribution in [2.24, 2.45) is 5.92 Å². The van der Waals surface area contributed by atoms with E-state index < -0.39 is 10.0 Å². The molecule has 0 spiro atoms. The van der Waals surface area contributed by atoms with E-state index in [4.69, 9.17) is 0 Å². The number of benzene rings is 1. The summed E-state index contributed by atoms with van der Waals surface area (Å²) in [6.45, 7) is 3.32. The highest BCUT2D eigenvalue weighted by molar-refractivity contribution is 7.89. The van der Waals surface area contributed by atoms with E-state index >= 15 is 0 Å². The number of sulfonamides is 1. The molecule has 2 aromatic rings. The number of aryl methyl sites for hydroxylation is 1. The van der Waals surface area contributed by atoms with Crippen LogP contribution in [0.25, 0.3) is 10.2 Å². The molecular weight excluding hydrogens is 422 g/mol. The number of hydrogen-bond donors (Lipinski definition) is 1. The van der Waals surface area contributed by atoms with Crippen LogP contribution in [0.3, 0.4) is 0 Å². The SMILES string of the molecule is CCCn1c(=O)sc2cc(S(=O)(=O)N3CCC(C(=O)NC4CCCC4)CC3)ccc21. The number of piperidine rings is 1. The molecule has 1 aliphatic heterocycles. The average molecular weight is 452 g/mol. The molecule has 0 unspecified atom stereocenters. The molecule has 0 atom stereocenters. The van der Waals surface area contributed by atoms with Crippen molar-refractivity contribution >= 4 is 37.5 Å². The second-order valence-electron chi connectivity index (χ2n) is 8.32. The van der Waals surface area contributed by atoms with Crippen molar-refractivity contribution in [1.82, 2.24) is 14.2 Å². The van der Waals surface area contributed by atoms with Gasteiger partial charge in [-0.15, -0.1) is 0 Å². The molecule has 1 saturated carbocycles. The first-order valence-electron chi connectivity index (χ1n) is 10.8. The standard InChI is InChI=1S/C21H29N3O4S2/c1-2-11-24-18-8-7-17(14-19(18)29-21(24)26)30(27,28)23-12-9-15(10-13-23)20(25)22-16-5-3-4-6-16/h7-8,14-16H,2-6,9-13H2,1H3,(H,22,25). The van der Waals surface area contributed by atoms with Gasteiger partial charge >= 0.3 is 4.87 Å². The molecule has 2 aliphatic rings. The van der Waals surface area contributed by atoms with Gasteiger partial charge in [0.1, 0.15) is 0 Å². The summed E-state index contributed by atoms with van der Waals surface area (Å²) in [5, 5.41) is 3.13. The molecule has 4 rings (SSSR count). The van der Waals surface area contributed by atoms with E-state index in [-0.39, 0.29) is 27.6 Å². The van der Waals surface area contributed by atoms with E-state index in [1.54, 1.807) is 22.8 Å². The fourth-order valence-corrected chi connectivity index (χ4v) is 7.07. The van der Waals surface area contributed by atoms with Crippen LogP contribution in [0.5, 0.6) is 0 Å². The predicted octanol–water partition coefficient (Wildman–Crippen LogP) is 2.93. The Hall–Kier alpha value is -1.71. The molecule has 2 fully saturated rings. The van der Waals surface area contributed by atoms with E-state index in [9.17, 15) is 18.0 Å². The summed E-state index contributed by atoms with van der Waals surface area (Å²) in [4.78, 5) is 24.9. The highest BCUT2D eigenvalue weighted by Crippen LogP contribution is 2.28. The maximum absolute atomic E-state index is 13.1. The first-order valence-corrected chi connectivity index (χ1v) is 13.1. The number of nitrogens with one attached hydrogen (secondary N) is 1. The summed E-state index contributed by atoms with van der Waals surface area (Å²) < 4.78 is 30.2. The number of fused-ring (bicyclic) bond motifs is 1. The Morgan fingerprint density at radius 1 is 1.17 bits per heavy atom. The molecule has 1 saturated heterocycles. The molecular formula is C21H29N3O4S2. The Morgan fingerprint density at radius 3 is 2.53 bits per heavy atom. The Labute approximate surface area is 181 Å². The summed E-state index contributed by atoms with van der Waals surface area (Å²) in [7, 11) is -3.64. The topological polar surface area (TPSA) is 88.5 Å². The zero-order valence-corrected chi connectivity index (χ0v) is 18.9. The van der Waals surface area contributed by atoms with Crippen LogP contribution in [-0.2, 0) is 21.4 Å². The van der Waals surface area contributed by atoms with Crippen LogP contribution in [0.1, 0.15) is 51.9 Å². The zero-order valence-electron chi connectivity index (χ0n) is 17.3. The fraction of sp³-hybridized carbons (Fsp3) is 0.619. The molecule has 7 nitrogen and oxygen atoms in total. The lowest BCUT2D eigenvalue weighted by atomic mass is 9.97. The molecule has 0 bridgehead atoms. The highest BCUT2D eigenvalue weighted by atomic mass is 32.2. The van der Waals surface area contributed by atoms with E-state index in [2.05, 4.69) is 5.32 Å². The van der Waals surface area contributed by atoms with Crippen molar-refractivity contribution in [2.75, 3.05) is 13.1 Å². The monoisotopic (exact) mass is 451 g/mol. The van der Waals surface area contributed by atoms with E-state index in [1.165, 1.54) is 17.1 Å². The van der Waals surface area contributed by atoms with Gasteiger partial charge in [0.2, 0.25) is 15.9 Å². The largest absolute Gasteiger partial charge is 0.353 e. The van der Waals surface area contributed by atoms with Gasteiger partial charge in [0, 0.05) is 31.6 Å². The summed E-state index contributed by atoms with van der Waals surface area (Å²) in [5.74, 6) is -0.0461. The molecule has 0 radical (unpaired) electrons. The van der Waals surface area contributed by atoms with Gasteiger partial charge in [0.05, 0.1) is 15.1 Å². The van der Waals surface area contributed by atoms with Crippen LogP contribution in [0.4, 0.5) is 0 Å². The first-order chi connectivity index (χ1) is 14.4. The second kappa shape index (κ2) is 8.80. The summed E-state index contributed by atoms with van der Waals surface area (Å²) in [6.07, 6.45) is 6.36. The number of hydrogen-bond acceptors (Lipinski definition) is 5. The molecule has 164 valence electrons. The lowest BCUT2D eigenvalue weighted by molar-refractivity contribution is -0.126. The summed E-state index contributed by atoms with van der Waals surface area (Å²) >= 11 is 1.09. The van der Waals surface area contributed by atoms with Gasteiger partial charge in [0.25, 0.3) is 0 Å². The Morgan fingerprint density at radius 2 is 1.87 bits per heavy atom. The van der Waals surface area contributed by atoms with E-state index in [1.807, 2.05) is 6.92 Å². The number of carbonyl (C=O) groups is 1. The van der Waals surface area contributed by atoms with Gasteiger partial charge in [-0.2, -0.15) is 4.31 Å². The number of amides is 1. The van der Waals surface area contributed by atoms with Crippen molar-refractivity contribution in [3.05, 3.63) is 27.9 Å².